The molecule has 118 valence electrons. The lowest BCUT2D eigenvalue weighted by Gasteiger charge is -2.06. The lowest BCUT2D eigenvalue weighted by atomic mass is 10.2. The average molecular weight is 315 g/mol. The third-order valence-electron chi connectivity index (χ3n) is 3.36. The molecule has 2 aromatic heterocycles. The van der Waals surface area contributed by atoms with Crippen molar-refractivity contribution in [2.75, 3.05) is 5.32 Å². The number of para-hydroxylation sites is 1. The summed E-state index contributed by atoms with van der Waals surface area (Å²) in [6.07, 6.45) is 2.79. The topological polar surface area (TPSA) is 116 Å². The molecule has 2 heterocycles. The summed E-state index contributed by atoms with van der Waals surface area (Å²) >= 11 is 0. The smallest absolute Gasteiger partial charge is 0.381 e. The van der Waals surface area contributed by atoms with E-state index in [1.165, 1.54) is 12.6 Å². The molecule has 0 aliphatic carbocycles. The van der Waals surface area contributed by atoms with Gasteiger partial charge >= 0.3 is 5.82 Å². The number of aromatic nitrogens is 3. The number of oxazole rings is 1. The van der Waals surface area contributed by atoms with Crippen molar-refractivity contribution in [3.63, 3.8) is 0 Å². The molecule has 0 fully saturated rings. The molecule has 0 saturated heterocycles. The van der Waals surface area contributed by atoms with Gasteiger partial charge in [-0.25, -0.2) is 4.98 Å². The number of hydrogen-bond acceptors (Lipinski definition) is 6. The van der Waals surface area contributed by atoms with E-state index in [0.717, 1.165) is 0 Å². The predicted molar refractivity (Wildman–Crippen MR) is 80.9 cm³/mol. The number of nitrogens with zero attached hydrogens (tertiary/aromatic N) is 4. The number of carbonyl (C=O) groups excluding carboxylic acids is 1. The van der Waals surface area contributed by atoms with Crippen LogP contribution in [0.1, 0.15) is 12.2 Å². The second kappa shape index (κ2) is 5.87. The summed E-state index contributed by atoms with van der Waals surface area (Å²) in [5, 5.41) is 13.4. The van der Waals surface area contributed by atoms with Gasteiger partial charge in [0.1, 0.15) is 11.7 Å². The van der Waals surface area contributed by atoms with Crippen LogP contribution in [0, 0.1) is 17.0 Å². The lowest BCUT2D eigenvalue weighted by Crippen LogP contribution is -2.15. The van der Waals surface area contributed by atoms with Gasteiger partial charge in [-0.05, 0) is 22.0 Å². The zero-order valence-electron chi connectivity index (χ0n) is 12.2. The van der Waals surface area contributed by atoms with Crippen LogP contribution in [0.2, 0.25) is 0 Å². The standard InChI is InChI=1S/C14H13N5O4/c1-9-16-12(19(21)22)7-18(9)6-5-13(20)17-10-3-2-4-11-14(10)15-8-23-11/h2-4,7-8H,5-6H2,1H3,(H,17,20). The summed E-state index contributed by atoms with van der Waals surface area (Å²) in [7, 11) is 0. The van der Waals surface area contributed by atoms with Crippen LogP contribution in [0.4, 0.5) is 11.5 Å². The van der Waals surface area contributed by atoms with E-state index in [4.69, 9.17) is 4.42 Å². The third-order valence-corrected chi connectivity index (χ3v) is 3.36. The molecular weight excluding hydrogens is 302 g/mol. The van der Waals surface area contributed by atoms with Gasteiger partial charge in [0.05, 0.1) is 5.69 Å². The fourth-order valence-electron chi connectivity index (χ4n) is 2.23. The number of anilines is 1. The number of amides is 1. The number of hydrogen-bond donors (Lipinski definition) is 1. The summed E-state index contributed by atoms with van der Waals surface area (Å²) in [5.41, 5.74) is 1.73. The van der Waals surface area contributed by atoms with Gasteiger partial charge in [0.25, 0.3) is 0 Å². The number of benzene rings is 1. The van der Waals surface area contributed by atoms with Gasteiger partial charge in [0.15, 0.2) is 12.0 Å². The Kier molecular flexibility index (Phi) is 3.75. The van der Waals surface area contributed by atoms with Crippen molar-refractivity contribution in [2.45, 2.75) is 19.9 Å². The molecule has 9 heteroatoms. The molecule has 0 radical (unpaired) electrons. The van der Waals surface area contributed by atoms with Gasteiger partial charge in [-0.2, -0.15) is 0 Å². The molecule has 0 saturated carbocycles. The molecule has 23 heavy (non-hydrogen) atoms. The largest absolute Gasteiger partial charge is 0.443 e. The minimum atomic E-state index is -0.561. The summed E-state index contributed by atoms with van der Waals surface area (Å²) < 4.78 is 6.75. The molecule has 1 amide bonds. The molecule has 0 atom stereocenters. The van der Waals surface area contributed by atoms with Crippen molar-refractivity contribution in [1.82, 2.24) is 14.5 Å². The van der Waals surface area contributed by atoms with Crippen molar-refractivity contribution in [3.8, 4) is 0 Å². The van der Waals surface area contributed by atoms with Gasteiger partial charge in [0.2, 0.25) is 11.7 Å². The maximum absolute atomic E-state index is 12.1. The molecule has 9 nitrogen and oxygen atoms in total. The van der Waals surface area contributed by atoms with E-state index in [9.17, 15) is 14.9 Å². The monoisotopic (exact) mass is 315 g/mol. The average Bonchev–Trinajstić information content (AvgIpc) is 3.12. The Bertz CT molecular complexity index is 882. The molecular formula is C14H13N5O4. The van der Waals surface area contributed by atoms with E-state index in [1.807, 2.05) is 0 Å². The highest BCUT2D eigenvalue weighted by atomic mass is 16.6. The van der Waals surface area contributed by atoms with Crippen LogP contribution in [0.5, 0.6) is 0 Å². The second-order valence-corrected chi connectivity index (χ2v) is 4.90. The summed E-state index contributed by atoms with van der Waals surface area (Å²) in [4.78, 5) is 30.1. The van der Waals surface area contributed by atoms with Crippen LogP contribution < -0.4 is 5.32 Å². The van der Waals surface area contributed by atoms with Crippen molar-refractivity contribution in [2.24, 2.45) is 0 Å². The summed E-state index contributed by atoms with van der Waals surface area (Å²) in [6.45, 7) is 1.95. The van der Waals surface area contributed by atoms with Crippen molar-refractivity contribution in [3.05, 3.63) is 46.7 Å². The van der Waals surface area contributed by atoms with Crippen LogP contribution in [-0.2, 0) is 11.3 Å². The fraction of sp³-hybridized carbons (Fsp3) is 0.214. The Balaban J connectivity index is 1.66. The van der Waals surface area contributed by atoms with E-state index in [2.05, 4.69) is 15.3 Å². The second-order valence-electron chi connectivity index (χ2n) is 4.90. The van der Waals surface area contributed by atoms with Crippen molar-refractivity contribution in [1.29, 1.82) is 0 Å². The Labute approximate surface area is 130 Å². The number of nitro groups is 1. The molecule has 1 N–H and O–H groups in total. The number of nitrogens with one attached hydrogen (secondary N) is 1. The molecule has 0 spiro atoms. The zero-order valence-corrected chi connectivity index (χ0v) is 12.2. The first-order valence-electron chi connectivity index (χ1n) is 6.85. The molecule has 0 aliphatic rings. The third kappa shape index (κ3) is 3.03. The Morgan fingerprint density at radius 3 is 3.04 bits per heavy atom. The molecule has 0 aliphatic heterocycles. The highest BCUT2D eigenvalue weighted by Crippen LogP contribution is 2.21. The Hall–Kier alpha value is -3.23. The maximum atomic E-state index is 12.1. The molecule has 0 unspecified atom stereocenters. The quantitative estimate of drug-likeness (QED) is 0.570. The van der Waals surface area contributed by atoms with Gasteiger partial charge in [-0.1, -0.05) is 6.07 Å². The van der Waals surface area contributed by atoms with Crippen molar-refractivity contribution < 1.29 is 14.1 Å². The minimum Gasteiger partial charge on any atom is -0.443 e. The van der Waals surface area contributed by atoms with E-state index >= 15 is 0 Å². The van der Waals surface area contributed by atoms with E-state index in [-0.39, 0.29) is 18.1 Å². The number of rotatable bonds is 5. The van der Waals surface area contributed by atoms with Crippen molar-refractivity contribution >= 4 is 28.5 Å². The van der Waals surface area contributed by atoms with Gasteiger partial charge < -0.3 is 24.4 Å². The van der Waals surface area contributed by atoms with Gasteiger partial charge in [-0.3, -0.25) is 4.79 Å². The Morgan fingerprint density at radius 1 is 1.48 bits per heavy atom. The van der Waals surface area contributed by atoms with Gasteiger partial charge in [0, 0.05) is 19.9 Å². The molecule has 1 aromatic carbocycles. The summed E-state index contributed by atoms with van der Waals surface area (Å²) in [6, 6.07) is 5.24. The van der Waals surface area contributed by atoms with E-state index in [1.54, 1.807) is 29.7 Å². The van der Waals surface area contributed by atoms with Crippen LogP contribution >= 0.6 is 0 Å². The maximum Gasteiger partial charge on any atom is 0.381 e. The van der Waals surface area contributed by atoms with E-state index in [0.29, 0.717) is 29.2 Å². The molecule has 0 bridgehead atoms. The number of imidazole rings is 1. The predicted octanol–water partition coefficient (Wildman–Crippen LogP) is 2.27. The number of carbonyl (C=O) groups is 1. The summed E-state index contributed by atoms with van der Waals surface area (Å²) in [5.74, 6) is 0.0367. The highest BCUT2D eigenvalue weighted by molar-refractivity contribution is 5.98. The molecule has 3 aromatic rings. The first kappa shape index (κ1) is 14.7. The van der Waals surface area contributed by atoms with Gasteiger partial charge in [-0.15, -0.1) is 0 Å². The first-order valence-corrected chi connectivity index (χ1v) is 6.85. The van der Waals surface area contributed by atoms with Crippen LogP contribution in [0.3, 0.4) is 0 Å². The Morgan fingerprint density at radius 2 is 2.30 bits per heavy atom. The fourth-order valence-corrected chi connectivity index (χ4v) is 2.23. The van der Waals surface area contributed by atoms with Crippen LogP contribution in [0.25, 0.3) is 11.1 Å². The number of aryl methyl sites for hydroxylation is 2. The highest BCUT2D eigenvalue weighted by Gasteiger charge is 2.16. The SMILES string of the molecule is Cc1nc([N+](=O)[O-])cn1CCC(=O)Nc1cccc2ocnc12. The zero-order chi connectivity index (χ0) is 16.4. The van der Waals surface area contributed by atoms with Crippen LogP contribution in [0.15, 0.2) is 35.2 Å². The molecule has 3 rings (SSSR count). The minimum absolute atomic E-state index is 0.155. The first-order chi connectivity index (χ1) is 11.0. The van der Waals surface area contributed by atoms with Crippen LogP contribution in [-0.4, -0.2) is 25.4 Å². The number of fused-ring (bicyclic) bond motifs is 1. The lowest BCUT2D eigenvalue weighted by molar-refractivity contribution is -0.389. The van der Waals surface area contributed by atoms with E-state index < -0.39 is 4.92 Å². The normalized spacial score (nSPS) is 10.8.